The van der Waals surface area contributed by atoms with Crippen molar-refractivity contribution in [2.45, 2.75) is 31.6 Å². The predicted octanol–water partition coefficient (Wildman–Crippen LogP) is 4.49. The topological polar surface area (TPSA) is 21.3 Å². The zero-order valence-electron chi connectivity index (χ0n) is 11.9. The van der Waals surface area contributed by atoms with Crippen molar-refractivity contribution in [3.05, 3.63) is 28.2 Å². The fourth-order valence-corrected chi connectivity index (χ4v) is 3.54. The number of ether oxygens (including phenoxy) is 1. The largest absolute Gasteiger partial charge is 0.488 e. The second kappa shape index (κ2) is 7.79. The maximum absolute atomic E-state index is 6.23. The highest BCUT2D eigenvalue weighted by Crippen LogP contribution is 2.34. The van der Waals surface area contributed by atoms with E-state index in [0.717, 1.165) is 25.3 Å². The molecule has 0 radical (unpaired) electrons. The molecule has 1 aliphatic heterocycles. The van der Waals surface area contributed by atoms with Gasteiger partial charge in [0.25, 0.3) is 0 Å². The van der Waals surface area contributed by atoms with E-state index in [2.05, 4.69) is 19.2 Å². The molecule has 0 bridgehead atoms. The molecule has 1 saturated heterocycles. The molecule has 1 unspecified atom stereocenters. The summed E-state index contributed by atoms with van der Waals surface area (Å²) in [5.41, 5.74) is 0. The highest BCUT2D eigenvalue weighted by atomic mass is 35.5. The first kappa shape index (κ1) is 16.3. The van der Waals surface area contributed by atoms with Crippen LogP contribution in [0.5, 0.6) is 5.75 Å². The van der Waals surface area contributed by atoms with Gasteiger partial charge in [0.2, 0.25) is 0 Å². The summed E-state index contributed by atoms with van der Waals surface area (Å²) < 4.78 is 6.18. The molecule has 1 aromatic rings. The Morgan fingerprint density at radius 2 is 2.20 bits per heavy atom. The summed E-state index contributed by atoms with van der Waals surface area (Å²) in [6.45, 7) is 6.50. The highest BCUT2D eigenvalue weighted by Gasteiger charge is 2.27. The first-order valence-corrected chi connectivity index (χ1v) is 8.81. The molecule has 2 nitrogen and oxygen atoms in total. The van der Waals surface area contributed by atoms with Gasteiger partial charge < -0.3 is 10.1 Å². The zero-order valence-corrected chi connectivity index (χ0v) is 14.2. The lowest BCUT2D eigenvalue weighted by Crippen LogP contribution is -2.31. The van der Waals surface area contributed by atoms with E-state index >= 15 is 0 Å². The van der Waals surface area contributed by atoms with Crippen LogP contribution in [0.15, 0.2) is 18.2 Å². The molecule has 2 atom stereocenters. The molecular formula is C15H21Cl2NOS. The highest BCUT2D eigenvalue weighted by molar-refractivity contribution is 7.99. The molecule has 1 fully saturated rings. The quantitative estimate of drug-likeness (QED) is 0.828. The lowest BCUT2D eigenvalue weighted by atomic mass is 10.0. The summed E-state index contributed by atoms with van der Waals surface area (Å²) in [4.78, 5) is 0. The van der Waals surface area contributed by atoms with E-state index in [4.69, 9.17) is 27.9 Å². The molecule has 1 aromatic carbocycles. The Morgan fingerprint density at radius 3 is 2.85 bits per heavy atom. The Morgan fingerprint density at radius 1 is 1.40 bits per heavy atom. The molecule has 112 valence electrons. The van der Waals surface area contributed by atoms with Crippen LogP contribution >= 0.6 is 35.0 Å². The first-order valence-electron chi connectivity index (χ1n) is 7.01. The van der Waals surface area contributed by atoms with Crippen molar-refractivity contribution >= 4 is 35.0 Å². The van der Waals surface area contributed by atoms with Crippen LogP contribution in [0.4, 0.5) is 0 Å². The minimum Gasteiger partial charge on any atom is -0.488 e. The van der Waals surface area contributed by atoms with Gasteiger partial charge in [-0.15, -0.1) is 0 Å². The maximum atomic E-state index is 6.23. The maximum Gasteiger partial charge on any atom is 0.139 e. The number of nitrogens with one attached hydrogen (secondary N) is 1. The first-order chi connectivity index (χ1) is 9.58. The number of hydrogen-bond acceptors (Lipinski definition) is 3. The third kappa shape index (κ3) is 4.45. The fourth-order valence-electron chi connectivity index (χ4n) is 2.29. The standard InChI is InChI=1S/C15H21Cl2NOS/c1-10(2)20-9-14(11-6-7-18-8-11)19-13-5-3-4-12(16)15(13)17/h3-5,10-11,14,18H,6-9H2,1-2H3/t11?,14-/m0/s1. The molecule has 5 heteroatoms. The van der Waals surface area contributed by atoms with Crippen molar-refractivity contribution < 1.29 is 4.74 Å². The third-order valence-electron chi connectivity index (χ3n) is 3.41. The molecule has 1 N–H and O–H groups in total. The summed E-state index contributed by atoms with van der Waals surface area (Å²) in [5, 5.41) is 5.06. The third-order valence-corrected chi connectivity index (χ3v) is 5.40. The molecule has 1 heterocycles. The van der Waals surface area contributed by atoms with Gasteiger partial charge in [0.15, 0.2) is 0 Å². The van der Waals surface area contributed by atoms with Gasteiger partial charge >= 0.3 is 0 Å². The average molecular weight is 334 g/mol. The monoisotopic (exact) mass is 333 g/mol. The van der Waals surface area contributed by atoms with E-state index in [9.17, 15) is 0 Å². The van der Waals surface area contributed by atoms with Crippen molar-refractivity contribution in [2.75, 3.05) is 18.8 Å². The molecule has 0 spiro atoms. The van der Waals surface area contributed by atoms with Crippen molar-refractivity contribution in [1.82, 2.24) is 5.32 Å². The van der Waals surface area contributed by atoms with E-state index in [0.29, 0.717) is 27.0 Å². The normalized spacial score (nSPS) is 20.4. The van der Waals surface area contributed by atoms with Crippen LogP contribution in [0.25, 0.3) is 0 Å². The Labute approximate surface area is 135 Å². The molecule has 0 amide bonds. The summed E-state index contributed by atoms with van der Waals surface area (Å²) in [7, 11) is 0. The van der Waals surface area contributed by atoms with E-state index in [1.54, 1.807) is 6.07 Å². The van der Waals surface area contributed by atoms with E-state index in [1.165, 1.54) is 0 Å². The minimum absolute atomic E-state index is 0.174. The summed E-state index contributed by atoms with van der Waals surface area (Å²) >= 11 is 14.2. The lowest BCUT2D eigenvalue weighted by Gasteiger charge is -2.25. The number of thioether (sulfide) groups is 1. The van der Waals surface area contributed by atoms with Crippen LogP contribution in [0.2, 0.25) is 10.0 Å². The number of halogens is 2. The van der Waals surface area contributed by atoms with Gasteiger partial charge in [-0.3, -0.25) is 0 Å². The van der Waals surface area contributed by atoms with Crippen LogP contribution in [0.3, 0.4) is 0 Å². The molecular weight excluding hydrogens is 313 g/mol. The van der Waals surface area contributed by atoms with Gasteiger partial charge in [0, 0.05) is 18.2 Å². The van der Waals surface area contributed by atoms with Crippen LogP contribution in [0, 0.1) is 5.92 Å². The number of hydrogen-bond donors (Lipinski definition) is 1. The van der Waals surface area contributed by atoms with Crippen LogP contribution in [0.1, 0.15) is 20.3 Å². The van der Waals surface area contributed by atoms with Crippen molar-refractivity contribution in [1.29, 1.82) is 0 Å². The van der Waals surface area contributed by atoms with Gasteiger partial charge in [-0.05, 0) is 30.3 Å². The Hall–Kier alpha value is -0.0900. The predicted molar refractivity (Wildman–Crippen MR) is 89.4 cm³/mol. The molecule has 2 rings (SSSR count). The Kier molecular flexibility index (Phi) is 6.34. The molecule has 0 saturated carbocycles. The van der Waals surface area contributed by atoms with Crippen LogP contribution in [-0.4, -0.2) is 30.2 Å². The van der Waals surface area contributed by atoms with Crippen molar-refractivity contribution in [2.24, 2.45) is 5.92 Å². The SMILES string of the molecule is CC(C)SC[C@H](Oc1cccc(Cl)c1Cl)C1CCNC1. The van der Waals surface area contributed by atoms with Crippen LogP contribution in [-0.2, 0) is 0 Å². The van der Waals surface area contributed by atoms with Crippen LogP contribution < -0.4 is 10.1 Å². The smallest absolute Gasteiger partial charge is 0.139 e. The Balaban J connectivity index is 2.07. The van der Waals surface area contributed by atoms with E-state index in [1.807, 2.05) is 23.9 Å². The summed E-state index contributed by atoms with van der Waals surface area (Å²) in [6, 6.07) is 5.55. The average Bonchev–Trinajstić information content (AvgIpc) is 2.93. The van der Waals surface area contributed by atoms with E-state index < -0.39 is 0 Å². The summed E-state index contributed by atoms with van der Waals surface area (Å²) in [6.07, 6.45) is 1.33. The molecule has 1 aliphatic rings. The van der Waals surface area contributed by atoms with Gasteiger partial charge in [-0.2, -0.15) is 11.8 Å². The number of rotatable bonds is 6. The fraction of sp³-hybridized carbons (Fsp3) is 0.600. The summed E-state index contributed by atoms with van der Waals surface area (Å²) in [5.74, 6) is 2.21. The second-order valence-electron chi connectivity index (χ2n) is 5.34. The zero-order chi connectivity index (χ0) is 14.5. The molecule has 0 aliphatic carbocycles. The van der Waals surface area contributed by atoms with Crippen molar-refractivity contribution in [3.8, 4) is 5.75 Å². The van der Waals surface area contributed by atoms with Gasteiger partial charge in [-0.25, -0.2) is 0 Å². The van der Waals surface area contributed by atoms with Gasteiger partial charge in [0.05, 0.1) is 5.02 Å². The lowest BCUT2D eigenvalue weighted by molar-refractivity contribution is 0.165. The number of benzene rings is 1. The second-order valence-corrected chi connectivity index (χ2v) is 7.74. The molecule has 0 aromatic heterocycles. The van der Waals surface area contributed by atoms with Gasteiger partial charge in [0.1, 0.15) is 16.9 Å². The van der Waals surface area contributed by atoms with Crippen molar-refractivity contribution in [3.63, 3.8) is 0 Å². The molecule has 20 heavy (non-hydrogen) atoms. The minimum atomic E-state index is 0.174. The van der Waals surface area contributed by atoms with E-state index in [-0.39, 0.29) is 6.10 Å². The van der Waals surface area contributed by atoms with Gasteiger partial charge in [-0.1, -0.05) is 43.1 Å². The Bertz CT molecular complexity index is 436.